The molecule has 0 aliphatic rings. The largest absolute Gasteiger partial charge is 0.506 e. The van der Waals surface area contributed by atoms with Crippen LogP contribution in [0.25, 0.3) is 22.4 Å². The highest BCUT2D eigenvalue weighted by Crippen LogP contribution is 2.31. The number of carbonyl (C=O) groups is 1. The average Bonchev–Trinajstić information content (AvgIpc) is 3.28. The van der Waals surface area contributed by atoms with E-state index in [4.69, 9.17) is 5.73 Å². The van der Waals surface area contributed by atoms with Crippen LogP contribution in [0.1, 0.15) is 35.6 Å². The molecule has 1 heterocycles. The Balaban J connectivity index is 1.97. The molecule has 0 atom stereocenters. The smallest absolute Gasteiger partial charge is 0.286 e. The molecule has 0 saturated carbocycles. The lowest BCUT2D eigenvalue weighted by Crippen LogP contribution is -2.38. The molecule has 5 N–H and O–H groups in total. The summed E-state index contributed by atoms with van der Waals surface area (Å²) in [6.45, 7) is 2.33. The van der Waals surface area contributed by atoms with Crippen molar-refractivity contribution in [3.63, 3.8) is 0 Å². The highest BCUT2D eigenvalue weighted by molar-refractivity contribution is 7.90. The van der Waals surface area contributed by atoms with Crippen molar-refractivity contribution in [2.75, 3.05) is 0 Å². The van der Waals surface area contributed by atoms with Gasteiger partial charge in [-0.2, -0.15) is 8.42 Å². The van der Waals surface area contributed by atoms with Crippen molar-refractivity contribution in [1.29, 1.82) is 0 Å². The lowest BCUT2D eigenvalue weighted by molar-refractivity contribution is 0.105. The number of aromatic nitrogens is 2. The summed E-state index contributed by atoms with van der Waals surface area (Å²) in [5, 5.41) is 21.1. The second-order valence-corrected chi connectivity index (χ2v) is 10.5. The van der Waals surface area contributed by atoms with Crippen LogP contribution in [0.5, 0.6) is 0 Å². The number of aliphatic hydroxyl groups excluding tert-OH is 1. The number of nitrogens with one attached hydrogen (secondary N) is 1. The quantitative estimate of drug-likeness (QED) is 0.0874. The van der Waals surface area contributed by atoms with Gasteiger partial charge in [-0.25, -0.2) is 18.2 Å². The maximum atomic E-state index is 14.6. The Morgan fingerprint density at radius 1 is 1.03 bits per heavy atom. The van der Waals surface area contributed by atoms with E-state index in [0.717, 1.165) is 18.2 Å². The lowest BCUT2D eigenvalue weighted by Gasteiger charge is -2.16. The van der Waals surface area contributed by atoms with Gasteiger partial charge in [-0.05, 0) is 62.4 Å². The topological polar surface area (TPSA) is 159 Å². The summed E-state index contributed by atoms with van der Waals surface area (Å²) < 4.78 is 71.9. The zero-order valence-corrected chi connectivity index (χ0v) is 21.2. The number of rotatable bonds is 7. The van der Waals surface area contributed by atoms with Gasteiger partial charge in [-0.3, -0.25) is 4.79 Å². The van der Waals surface area contributed by atoms with E-state index in [1.807, 2.05) is 0 Å². The highest BCUT2D eigenvalue weighted by atomic mass is 32.2. The second-order valence-electron chi connectivity index (χ2n) is 8.94. The third-order valence-electron chi connectivity index (χ3n) is 5.59. The van der Waals surface area contributed by atoms with Gasteiger partial charge < -0.3 is 20.9 Å². The van der Waals surface area contributed by atoms with Crippen LogP contribution in [0.4, 0.5) is 13.2 Å². The van der Waals surface area contributed by atoms with Crippen molar-refractivity contribution in [3.05, 3.63) is 95.1 Å². The molecule has 1 aromatic heterocycles. The van der Waals surface area contributed by atoms with Gasteiger partial charge in [-0.1, -0.05) is 12.1 Å². The number of Topliss-reactive ketones (excluding diaryl/α,β-unsaturated/α-hetero) is 1. The van der Waals surface area contributed by atoms with Crippen molar-refractivity contribution in [1.82, 2.24) is 9.97 Å². The minimum atomic E-state index is -4.85. The molecule has 0 fully saturated rings. The summed E-state index contributed by atoms with van der Waals surface area (Å²) in [5.41, 5.74) is 2.70. The minimum absolute atomic E-state index is 0.250. The van der Waals surface area contributed by atoms with Gasteiger partial charge >= 0.3 is 0 Å². The van der Waals surface area contributed by atoms with Crippen LogP contribution in [0, 0.1) is 17.5 Å². The zero-order chi connectivity index (χ0) is 28.7. The number of amidine groups is 1. The first-order valence-corrected chi connectivity index (χ1v) is 12.6. The van der Waals surface area contributed by atoms with Gasteiger partial charge in [0, 0.05) is 5.56 Å². The molecule has 0 aliphatic heterocycles. The fourth-order valence-corrected chi connectivity index (χ4v) is 4.66. The Morgan fingerprint density at radius 2 is 1.69 bits per heavy atom. The number of para-hydroxylation sites is 2. The summed E-state index contributed by atoms with van der Waals surface area (Å²) in [7, 11) is -4.85. The molecular weight excluding hydrogens is 537 g/mol. The van der Waals surface area contributed by atoms with E-state index in [2.05, 4.69) is 14.4 Å². The van der Waals surface area contributed by atoms with Crippen LogP contribution >= 0.6 is 0 Å². The number of nitrogens with two attached hydrogens (primary N) is 1. The first-order chi connectivity index (χ1) is 18.2. The lowest BCUT2D eigenvalue weighted by atomic mass is 9.98. The number of sulfonamides is 1. The second kappa shape index (κ2) is 10.0. The molecule has 39 heavy (non-hydrogen) atoms. The molecule has 9 nitrogen and oxygen atoms in total. The minimum Gasteiger partial charge on any atom is -0.506 e. The van der Waals surface area contributed by atoms with Crippen LogP contribution in [-0.2, 0) is 10.0 Å². The number of ketones is 1. The Kier molecular flexibility index (Phi) is 7.06. The third kappa shape index (κ3) is 5.54. The monoisotopic (exact) mass is 558 g/mol. The van der Waals surface area contributed by atoms with E-state index in [-0.39, 0.29) is 5.82 Å². The Labute approximate surface area is 220 Å². The van der Waals surface area contributed by atoms with E-state index >= 15 is 0 Å². The van der Waals surface area contributed by atoms with Crippen LogP contribution in [0.15, 0.2) is 70.0 Å². The first-order valence-electron chi connectivity index (χ1n) is 11.2. The number of halogens is 3. The normalized spacial score (nSPS) is 13.4. The van der Waals surface area contributed by atoms with E-state index in [1.54, 1.807) is 24.3 Å². The summed E-state index contributed by atoms with van der Waals surface area (Å²) in [6.07, 6.45) is 0. The Bertz CT molecular complexity index is 1760. The zero-order valence-electron chi connectivity index (χ0n) is 20.4. The van der Waals surface area contributed by atoms with Gasteiger partial charge in [0.2, 0.25) is 5.78 Å². The van der Waals surface area contributed by atoms with E-state index < -0.39 is 72.0 Å². The van der Waals surface area contributed by atoms with Crippen molar-refractivity contribution in [2.24, 2.45) is 10.1 Å². The fraction of sp³-hybridized carbons (Fsp3) is 0.115. The van der Waals surface area contributed by atoms with E-state index in [1.165, 1.54) is 13.8 Å². The number of benzene rings is 3. The Morgan fingerprint density at radius 3 is 2.36 bits per heavy atom. The summed E-state index contributed by atoms with van der Waals surface area (Å²) in [6, 6.07) is 11.0. The maximum absolute atomic E-state index is 14.6. The fourth-order valence-electron chi connectivity index (χ4n) is 3.49. The number of carbonyl (C=O) groups excluding carboxylic acids is 1. The van der Waals surface area contributed by atoms with Gasteiger partial charge in [0.25, 0.3) is 10.0 Å². The van der Waals surface area contributed by atoms with Crippen LogP contribution in [0.2, 0.25) is 0 Å². The number of fused-ring (bicyclic) bond motifs is 1. The molecule has 0 unspecified atom stereocenters. The average molecular weight is 559 g/mol. The summed E-state index contributed by atoms with van der Waals surface area (Å²) in [5.74, 6) is -6.39. The highest BCUT2D eigenvalue weighted by Gasteiger charge is 2.29. The van der Waals surface area contributed by atoms with Crippen LogP contribution < -0.4 is 5.73 Å². The number of nitrogens with zero attached hydrogens (tertiary/aromatic N) is 2. The van der Waals surface area contributed by atoms with E-state index in [9.17, 15) is 36.6 Å². The molecule has 0 bridgehead atoms. The Hall–Kier alpha value is -4.49. The standard InChI is InChI=1S/C26H21F3N4O5S/c1-26(2,36)25(30)33-39(37,38)20-11-13(7-9-17(20)29)22(34)21(23(35)15-12-14(27)8-10-16(15)28)24-31-18-5-3-4-6-19(18)32-24/h3-12,34,36H,1-2H3,(H2,30,33)(H,31,32)/b22-21+. The summed E-state index contributed by atoms with van der Waals surface area (Å²) in [4.78, 5) is 19.5. The molecule has 4 rings (SSSR count). The van der Waals surface area contributed by atoms with Gasteiger partial charge in [0.1, 0.15) is 50.9 Å². The molecule has 4 aromatic rings. The van der Waals surface area contributed by atoms with Crippen molar-refractivity contribution >= 4 is 44.0 Å². The summed E-state index contributed by atoms with van der Waals surface area (Å²) >= 11 is 0. The van der Waals surface area contributed by atoms with Crippen molar-refractivity contribution in [2.45, 2.75) is 24.3 Å². The van der Waals surface area contributed by atoms with Crippen molar-refractivity contribution in [3.8, 4) is 0 Å². The molecule has 13 heteroatoms. The predicted molar refractivity (Wildman–Crippen MR) is 138 cm³/mol. The van der Waals surface area contributed by atoms with Gasteiger partial charge in [-0.15, -0.1) is 4.40 Å². The van der Waals surface area contributed by atoms with Gasteiger partial charge in [0.05, 0.1) is 16.6 Å². The number of H-pyrrole nitrogens is 1. The number of aliphatic hydroxyl groups is 2. The molecule has 0 radical (unpaired) electrons. The van der Waals surface area contributed by atoms with E-state index in [0.29, 0.717) is 29.2 Å². The maximum Gasteiger partial charge on any atom is 0.286 e. The predicted octanol–water partition coefficient (Wildman–Crippen LogP) is 4.11. The first kappa shape index (κ1) is 27.5. The number of imidazole rings is 1. The number of hydrogen-bond donors (Lipinski definition) is 4. The van der Waals surface area contributed by atoms with Gasteiger partial charge in [0.15, 0.2) is 0 Å². The van der Waals surface area contributed by atoms with Crippen LogP contribution in [-0.4, -0.2) is 45.8 Å². The number of allylic oxidation sites excluding steroid dienone is 1. The van der Waals surface area contributed by atoms with Crippen LogP contribution in [0.3, 0.4) is 0 Å². The molecular formula is C26H21F3N4O5S. The molecule has 0 saturated heterocycles. The molecule has 3 aromatic carbocycles. The molecule has 0 amide bonds. The SMILES string of the molecule is CC(C)(O)/C(N)=N/S(=O)(=O)c1cc(/C(O)=C(/C(=O)c2cc(F)ccc2F)c2nc3ccccc3[nH]2)ccc1F. The molecule has 202 valence electrons. The molecule has 0 spiro atoms. The van der Waals surface area contributed by atoms with Crippen molar-refractivity contribution < 1.29 is 36.6 Å². The number of aromatic amines is 1. The molecule has 0 aliphatic carbocycles. The number of hydrogen-bond acceptors (Lipinski definition) is 6. The third-order valence-corrected chi connectivity index (χ3v) is 6.90.